The van der Waals surface area contributed by atoms with Crippen molar-refractivity contribution in [2.75, 3.05) is 16.9 Å². The first-order chi connectivity index (χ1) is 16.6. The van der Waals surface area contributed by atoms with Crippen molar-refractivity contribution in [1.29, 1.82) is 0 Å². The number of hydrazine groups is 1. The zero-order chi connectivity index (χ0) is 25.7. The summed E-state index contributed by atoms with van der Waals surface area (Å²) in [5.74, 6) is -2.95. The molecule has 0 unspecified atom stereocenters. The molecule has 11 nitrogen and oxygen atoms in total. The normalized spacial score (nSPS) is 11.7. The third-order valence-electron chi connectivity index (χ3n) is 4.94. The maximum Gasteiger partial charge on any atom is 0.328 e. The van der Waals surface area contributed by atoms with Crippen LogP contribution < -0.4 is 26.6 Å². The van der Waals surface area contributed by atoms with Gasteiger partial charge >= 0.3 is 11.9 Å². The third-order valence-corrected chi connectivity index (χ3v) is 5.51. The number of carboxylic acid groups (broad SMARTS) is 2. The number of pyridine rings is 1. The van der Waals surface area contributed by atoms with Crippen LogP contribution in [0.2, 0.25) is 10.0 Å². The molecular weight excluding hydrogens is 503 g/mol. The number of aromatic nitrogens is 1. The molecule has 1 amide bonds. The Morgan fingerprint density at radius 2 is 1.66 bits per heavy atom. The molecule has 0 radical (unpaired) electrons. The topological polar surface area (TPSA) is 166 Å². The van der Waals surface area contributed by atoms with E-state index in [2.05, 4.69) is 15.7 Å². The van der Waals surface area contributed by atoms with Gasteiger partial charge in [0.2, 0.25) is 10.9 Å². The fourth-order valence-electron chi connectivity index (χ4n) is 3.15. The van der Waals surface area contributed by atoms with Gasteiger partial charge < -0.3 is 15.5 Å². The van der Waals surface area contributed by atoms with Gasteiger partial charge in [-0.1, -0.05) is 35.3 Å². The summed E-state index contributed by atoms with van der Waals surface area (Å²) in [6.45, 7) is -0.169. The largest absolute Gasteiger partial charge is 0.481 e. The van der Waals surface area contributed by atoms with Gasteiger partial charge in [0.1, 0.15) is 11.7 Å². The summed E-state index contributed by atoms with van der Waals surface area (Å²) in [6.07, 6.45) is 2.18. The van der Waals surface area contributed by atoms with Gasteiger partial charge in [0.15, 0.2) is 0 Å². The summed E-state index contributed by atoms with van der Waals surface area (Å²) in [6, 6.07) is 5.62. The van der Waals surface area contributed by atoms with Crippen molar-refractivity contribution in [3.63, 3.8) is 0 Å². The molecule has 4 N–H and O–H groups in total. The monoisotopic (exact) mass is 520 g/mol. The maximum atomic E-state index is 12.6. The van der Waals surface area contributed by atoms with Crippen LogP contribution in [-0.2, 0) is 16.0 Å². The highest BCUT2D eigenvalue weighted by Crippen LogP contribution is 2.29. The van der Waals surface area contributed by atoms with Gasteiger partial charge in [-0.25, -0.2) is 10.2 Å². The van der Waals surface area contributed by atoms with E-state index in [-0.39, 0.29) is 46.4 Å². The minimum absolute atomic E-state index is 0.127. The Morgan fingerprint density at radius 1 is 1.03 bits per heavy atom. The Kier molecular flexibility index (Phi) is 8.18. The van der Waals surface area contributed by atoms with Crippen LogP contribution in [0, 0.1) is 0 Å². The lowest BCUT2D eigenvalue weighted by molar-refractivity contribution is -0.138. The van der Waals surface area contributed by atoms with Gasteiger partial charge in [0, 0.05) is 37.0 Å². The van der Waals surface area contributed by atoms with Gasteiger partial charge in [-0.2, -0.15) is 0 Å². The molecule has 1 aromatic heterocycles. The molecule has 3 aromatic rings. The van der Waals surface area contributed by atoms with E-state index in [0.29, 0.717) is 5.56 Å². The molecule has 35 heavy (non-hydrogen) atoms. The molecule has 3 rings (SSSR count). The predicted molar refractivity (Wildman–Crippen MR) is 128 cm³/mol. The summed E-state index contributed by atoms with van der Waals surface area (Å²) in [5, 5.41) is 22.5. The van der Waals surface area contributed by atoms with E-state index in [4.69, 9.17) is 28.3 Å². The van der Waals surface area contributed by atoms with Crippen molar-refractivity contribution in [1.82, 2.24) is 10.4 Å². The third kappa shape index (κ3) is 6.21. The molecule has 0 aliphatic carbocycles. The van der Waals surface area contributed by atoms with Crippen molar-refractivity contribution < 1.29 is 24.6 Å². The zero-order valence-corrected chi connectivity index (χ0v) is 19.3. The molecule has 13 heteroatoms. The second-order valence-electron chi connectivity index (χ2n) is 7.33. The fourth-order valence-corrected chi connectivity index (χ4v) is 3.61. The number of carbonyl (C=O) groups is 3. The Morgan fingerprint density at radius 3 is 2.17 bits per heavy atom. The lowest BCUT2D eigenvalue weighted by Crippen LogP contribution is -2.56. The molecule has 182 valence electrons. The second-order valence-corrected chi connectivity index (χ2v) is 8.15. The van der Waals surface area contributed by atoms with Crippen LogP contribution in [0.15, 0.2) is 52.3 Å². The maximum absolute atomic E-state index is 12.6. The van der Waals surface area contributed by atoms with E-state index < -0.39 is 34.7 Å². The Hall–Kier alpha value is -3.80. The van der Waals surface area contributed by atoms with Crippen LogP contribution in [0.3, 0.4) is 0 Å². The minimum Gasteiger partial charge on any atom is -0.481 e. The number of carboxylic acids is 2. The second kappa shape index (κ2) is 11.1. The van der Waals surface area contributed by atoms with E-state index >= 15 is 0 Å². The highest BCUT2D eigenvalue weighted by molar-refractivity contribution is 6.39. The molecule has 0 fully saturated rings. The van der Waals surface area contributed by atoms with E-state index in [1.54, 1.807) is 0 Å². The number of carbonyl (C=O) groups excluding carboxylic acids is 1. The first-order valence-electron chi connectivity index (χ1n) is 10.1. The average molecular weight is 521 g/mol. The van der Waals surface area contributed by atoms with E-state index in [0.717, 1.165) is 11.1 Å². The van der Waals surface area contributed by atoms with Crippen LogP contribution in [0.25, 0.3) is 0 Å². The van der Waals surface area contributed by atoms with Gasteiger partial charge in [-0.3, -0.25) is 29.2 Å². The predicted octanol–water partition coefficient (Wildman–Crippen LogP) is 1.72. The Balaban J connectivity index is 1.77. The van der Waals surface area contributed by atoms with Crippen molar-refractivity contribution in [2.45, 2.75) is 18.9 Å². The number of rotatable bonds is 11. The highest BCUT2D eigenvalue weighted by Gasteiger charge is 2.30. The van der Waals surface area contributed by atoms with Crippen molar-refractivity contribution in [3.8, 4) is 0 Å². The molecule has 0 saturated heterocycles. The smallest absolute Gasteiger partial charge is 0.328 e. The standard InChI is InChI=1S/C22H18Cl2N4O7/c23-13-9-25-10-14(24)19(13)27-21(33)12-3-1-11(2-4-12)7-16(22(34)35)28(26-6-5-18(30)31)15-8-17(29)20(15)32/h1-4,8-10,16,26H,5-7H2,(H,30,31)(H,34,35)(H,25,27,33)/t16-/m0/s1. The minimum atomic E-state index is -1.35. The lowest BCUT2D eigenvalue weighted by atomic mass is 10.0. The number of hydrogen-bond acceptors (Lipinski definition) is 8. The van der Waals surface area contributed by atoms with Gasteiger partial charge in [-0.15, -0.1) is 0 Å². The molecule has 1 heterocycles. The van der Waals surface area contributed by atoms with Gasteiger partial charge in [0.05, 0.1) is 22.2 Å². The van der Waals surface area contributed by atoms with E-state index in [9.17, 15) is 29.1 Å². The molecule has 2 aromatic carbocycles. The summed E-state index contributed by atoms with van der Waals surface area (Å²) in [7, 11) is 0. The van der Waals surface area contributed by atoms with Crippen LogP contribution in [0.1, 0.15) is 22.3 Å². The van der Waals surface area contributed by atoms with E-state index in [1.165, 1.54) is 36.7 Å². The SMILES string of the molecule is O=C(O)CCNN(c1cc(=O)c1=O)[C@@H](Cc1ccc(C(=O)Nc2c(Cl)cncc2Cl)cc1)C(=O)O. The Bertz CT molecular complexity index is 1320. The Labute approximate surface area is 207 Å². The number of nitrogens with zero attached hydrogens (tertiary/aromatic N) is 2. The van der Waals surface area contributed by atoms with Crippen LogP contribution in [0.5, 0.6) is 0 Å². The van der Waals surface area contributed by atoms with Crippen LogP contribution in [-0.4, -0.2) is 45.6 Å². The zero-order valence-electron chi connectivity index (χ0n) is 17.8. The van der Waals surface area contributed by atoms with Crippen LogP contribution in [0.4, 0.5) is 11.4 Å². The first kappa shape index (κ1) is 25.8. The molecule has 0 spiro atoms. The molecule has 1 atom stereocenters. The summed E-state index contributed by atoms with van der Waals surface area (Å²) in [4.78, 5) is 62.5. The average Bonchev–Trinajstić information content (AvgIpc) is 2.81. The molecule has 0 bridgehead atoms. The van der Waals surface area contributed by atoms with Crippen molar-refractivity contribution in [2.24, 2.45) is 0 Å². The van der Waals surface area contributed by atoms with E-state index in [1.807, 2.05) is 0 Å². The highest BCUT2D eigenvalue weighted by atomic mass is 35.5. The van der Waals surface area contributed by atoms with Crippen LogP contribution >= 0.6 is 23.2 Å². The molecule has 0 saturated carbocycles. The first-order valence-corrected chi connectivity index (χ1v) is 10.8. The van der Waals surface area contributed by atoms with Gasteiger partial charge in [0.25, 0.3) is 5.91 Å². The summed E-state index contributed by atoms with van der Waals surface area (Å²) < 4.78 is 0. The number of anilines is 2. The molecule has 0 aliphatic heterocycles. The fraction of sp³-hybridized carbons (Fsp3) is 0.182. The van der Waals surface area contributed by atoms with Crippen molar-refractivity contribution in [3.05, 3.63) is 84.3 Å². The molecule has 0 aliphatic rings. The van der Waals surface area contributed by atoms with Gasteiger partial charge in [-0.05, 0) is 17.7 Å². The number of amides is 1. The number of hydrogen-bond donors (Lipinski definition) is 4. The number of halogens is 2. The quantitative estimate of drug-likeness (QED) is 0.216. The number of nitrogens with one attached hydrogen (secondary N) is 2. The van der Waals surface area contributed by atoms with Crippen molar-refractivity contribution >= 4 is 52.4 Å². The molecular formula is C22H18Cl2N4O7. The summed E-state index contributed by atoms with van der Waals surface area (Å²) >= 11 is 12.0. The number of aliphatic carboxylic acids is 2. The summed E-state index contributed by atoms with van der Waals surface area (Å²) in [5.41, 5.74) is 1.71. The lowest BCUT2D eigenvalue weighted by Gasteiger charge is -2.31. The number of benzene rings is 1.